The lowest BCUT2D eigenvalue weighted by Gasteiger charge is -2.12. The van der Waals surface area contributed by atoms with Gasteiger partial charge in [-0.15, -0.1) is 0 Å². The van der Waals surface area contributed by atoms with Crippen LogP contribution in [-0.4, -0.2) is 28.5 Å². The van der Waals surface area contributed by atoms with Crippen LogP contribution < -0.4 is 10.6 Å². The van der Waals surface area contributed by atoms with E-state index in [1.54, 1.807) is 0 Å². The van der Waals surface area contributed by atoms with Gasteiger partial charge in [-0.1, -0.05) is 19.1 Å². The van der Waals surface area contributed by atoms with E-state index in [1.165, 1.54) is 6.33 Å². The minimum absolute atomic E-state index is 0.0604. The molecule has 0 bridgehead atoms. The third-order valence-electron chi connectivity index (χ3n) is 3.21. The van der Waals surface area contributed by atoms with Crippen LogP contribution in [-0.2, 0) is 4.79 Å². The molecule has 1 amide bonds. The summed E-state index contributed by atoms with van der Waals surface area (Å²) >= 11 is 0. The number of rotatable bonds is 6. The maximum atomic E-state index is 11.7. The maximum absolute atomic E-state index is 11.7. The van der Waals surface area contributed by atoms with Crippen LogP contribution in [0.2, 0.25) is 0 Å². The lowest BCUT2D eigenvalue weighted by molar-refractivity contribution is -0.121. The van der Waals surface area contributed by atoms with E-state index < -0.39 is 0 Å². The number of aromatic nitrogens is 2. The Kier molecular flexibility index (Phi) is 4.87. The summed E-state index contributed by atoms with van der Waals surface area (Å²) < 4.78 is 0. The summed E-state index contributed by atoms with van der Waals surface area (Å²) in [5, 5.41) is 7.11. The largest absolute Gasteiger partial charge is 0.369 e. The number of fused-ring (bicyclic) bond motifs is 1. The maximum Gasteiger partial charge on any atom is 0.221 e. The standard InChI is InChI=1S/C15H20N4O/c1-3-11(2)19-14(20)8-9-16-15-12-6-4-5-7-13(12)17-10-18-15/h4-7,10-11H,3,8-9H2,1-2H3,(H,19,20)(H,16,17,18). The zero-order chi connectivity index (χ0) is 14.4. The van der Waals surface area contributed by atoms with E-state index in [9.17, 15) is 4.79 Å². The monoisotopic (exact) mass is 272 g/mol. The van der Waals surface area contributed by atoms with Gasteiger partial charge in [0.15, 0.2) is 0 Å². The van der Waals surface area contributed by atoms with E-state index in [0.717, 1.165) is 23.1 Å². The molecule has 5 nitrogen and oxygen atoms in total. The van der Waals surface area contributed by atoms with Gasteiger partial charge in [-0.25, -0.2) is 9.97 Å². The Balaban J connectivity index is 1.92. The third kappa shape index (κ3) is 3.66. The molecular formula is C15H20N4O. The van der Waals surface area contributed by atoms with Gasteiger partial charge in [0.2, 0.25) is 5.91 Å². The summed E-state index contributed by atoms with van der Waals surface area (Å²) in [5.74, 6) is 0.831. The Labute approximate surface area is 118 Å². The zero-order valence-corrected chi connectivity index (χ0v) is 11.9. The Morgan fingerprint density at radius 1 is 1.30 bits per heavy atom. The number of para-hydroxylation sites is 1. The van der Waals surface area contributed by atoms with Crippen LogP contribution in [0.1, 0.15) is 26.7 Å². The highest BCUT2D eigenvalue weighted by molar-refractivity contribution is 5.88. The van der Waals surface area contributed by atoms with Crippen molar-refractivity contribution in [2.45, 2.75) is 32.7 Å². The fourth-order valence-corrected chi connectivity index (χ4v) is 1.89. The molecule has 0 fully saturated rings. The van der Waals surface area contributed by atoms with Crippen LogP contribution in [0.4, 0.5) is 5.82 Å². The molecule has 0 saturated carbocycles. The smallest absolute Gasteiger partial charge is 0.221 e. The highest BCUT2D eigenvalue weighted by Gasteiger charge is 2.06. The fourth-order valence-electron chi connectivity index (χ4n) is 1.89. The second-order valence-electron chi connectivity index (χ2n) is 4.79. The van der Waals surface area contributed by atoms with E-state index in [-0.39, 0.29) is 11.9 Å². The second kappa shape index (κ2) is 6.84. The van der Waals surface area contributed by atoms with Gasteiger partial charge >= 0.3 is 0 Å². The summed E-state index contributed by atoms with van der Waals surface area (Å²) in [6, 6.07) is 8.03. The summed E-state index contributed by atoms with van der Waals surface area (Å²) in [6.45, 7) is 4.61. The molecule has 0 aliphatic heterocycles. The molecule has 2 N–H and O–H groups in total. The molecule has 1 unspecified atom stereocenters. The Hall–Kier alpha value is -2.17. The molecule has 0 aliphatic carbocycles. The van der Waals surface area contributed by atoms with E-state index in [2.05, 4.69) is 27.5 Å². The Bertz CT molecular complexity index is 580. The molecule has 106 valence electrons. The third-order valence-corrected chi connectivity index (χ3v) is 3.21. The van der Waals surface area contributed by atoms with Crippen molar-refractivity contribution >= 4 is 22.6 Å². The van der Waals surface area contributed by atoms with Gasteiger partial charge < -0.3 is 10.6 Å². The SMILES string of the molecule is CCC(C)NC(=O)CCNc1ncnc2ccccc12. The lowest BCUT2D eigenvalue weighted by atomic mass is 10.2. The topological polar surface area (TPSA) is 66.9 Å². The molecule has 5 heteroatoms. The minimum atomic E-state index is 0.0604. The minimum Gasteiger partial charge on any atom is -0.369 e. The van der Waals surface area contributed by atoms with Crippen LogP contribution in [0.3, 0.4) is 0 Å². The highest BCUT2D eigenvalue weighted by Crippen LogP contribution is 2.17. The first-order valence-electron chi connectivity index (χ1n) is 6.93. The second-order valence-corrected chi connectivity index (χ2v) is 4.79. The van der Waals surface area contributed by atoms with Gasteiger partial charge in [0.25, 0.3) is 0 Å². The quantitative estimate of drug-likeness (QED) is 0.847. The normalized spacial score (nSPS) is 12.1. The molecule has 0 saturated heterocycles. The van der Waals surface area contributed by atoms with Crippen LogP contribution in [0, 0.1) is 0 Å². The molecule has 20 heavy (non-hydrogen) atoms. The molecule has 1 aromatic heterocycles. The van der Waals surface area contributed by atoms with Crippen molar-refractivity contribution < 1.29 is 4.79 Å². The van der Waals surface area contributed by atoms with Crippen molar-refractivity contribution in [2.24, 2.45) is 0 Å². The van der Waals surface area contributed by atoms with Crippen molar-refractivity contribution in [1.82, 2.24) is 15.3 Å². The molecule has 0 aliphatic rings. The number of carbonyl (C=O) groups is 1. The highest BCUT2D eigenvalue weighted by atomic mass is 16.1. The first kappa shape index (κ1) is 14.2. The van der Waals surface area contributed by atoms with Crippen LogP contribution in [0.5, 0.6) is 0 Å². The van der Waals surface area contributed by atoms with Gasteiger partial charge in [-0.2, -0.15) is 0 Å². The molecule has 0 spiro atoms. The molecule has 0 radical (unpaired) electrons. The lowest BCUT2D eigenvalue weighted by Crippen LogP contribution is -2.33. The number of hydrogen-bond acceptors (Lipinski definition) is 4. The van der Waals surface area contributed by atoms with Crippen molar-refractivity contribution in [1.29, 1.82) is 0 Å². The summed E-state index contributed by atoms with van der Waals surface area (Å²) in [6.07, 6.45) is 2.91. The number of anilines is 1. The Morgan fingerprint density at radius 3 is 2.90 bits per heavy atom. The zero-order valence-electron chi connectivity index (χ0n) is 11.9. The summed E-state index contributed by atoms with van der Waals surface area (Å²) in [5.41, 5.74) is 0.897. The van der Waals surface area contributed by atoms with E-state index >= 15 is 0 Å². The number of hydrogen-bond donors (Lipinski definition) is 2. The van der Waals surface area contributed by atoms with Gasteiger partial charge in [-0.3, -0.25) is 4.79 Å². The predicted molar refractivity (Wildman–Crippen MR) is 80.5 cm³/mol. The number of nitrogens with one attached hydrogen (secondary N) is 2. The fraction of sp³-hybridized carbons (Fsp3) is 0.400. The molecular weight excluding hydrogens is 252 g/mol. The molecule has 2 rings (SSSR count). The average molecular weight is 272 g/mol. The average Bonchev–Trinajstić information content (AvgIpc) is 2.47. The summed E-state index contributed by atoms with van der Waals surface area (Å²) in [4.78, 5) is 20.1. The predicted octanol–water partition coefficient (Wildman–Crippen LogP) is 2.35. The van der Waals surface area contributed by atoms with E-state index in [1.807, 2.05) is 31.2 Å². The van der Waals surface area contributed by atoms with Crippen LogP contribution in [0.15, 0.2) is 30.6 Å². The number of amides is 1. The number of carbonyl (C=O) groups excluding carboxylic acids is 1. The first-order valence-corrected chi connectivity index (χ1v) is 6.93. The van der Waals surface area contributed by atoms with Gasteiger partial charge in [0, 0.05) is 24.4 Å². The molecule has 1 aromatic carbocycles. The van der Waals surface area contributed by atoms with Crippen LogP contribution >= 0.6 is 0 Å². The van der Waals surface area contributed by atoms with Crippen molar-refractivity contribution in [3.63, 3.8) is 0 Å². The first-order chi connectivity index (χ1) is 9.70. The van der Waals surface area contributed by atoms with Crippen molar-refractivity contribution in [2.75, 3.05) is 11.9 Å². The Morgan fingerprint density at radius 2 is 2.10 bits per heavy atom. The van der Waals surface area contributed by atoms with Gasteiger partial charge in [0.05, 0.1) is 5.52 Å². The van der Waals surface area contributed by atoms with E-state index in [0.29, 0.717) is 13.0 Å². The van der Waals surface area contributed by atoms with E-state index in [4.69, 9.17) is 0 Å². The molecule has 1 atom stereocenters. The van der Waals surface area contributed by atoms with Crippen molar-refractivity contribution in [3.8, 4) is 0 Å². The summed E-state index contributed by atoms with van der Waals surface area (Å²) in [7, 11) is 0. The van der Waals surface area contributed by atoms with Gasteiger partial charge in [-0.05, 0) is 25.5 Å². The number of nitrogens with zero attached hydrogens (tertiary/aromatic N) is 2. The van der Waals surface area contributed by atoms with Crippen LogP contribution in [0.25, 0.3) is 10.9 Å². The molecule has 1 heterocycles. The number of benzene rings is 1. The van der Waals surface area contributed by atoms with Gasteiger partial charge in [0.1, 0.15) is 12.1 Å². The molecule has 2 aromatic rings. The van der Waals surface area contributed by atoms with Crippen molar-refractivity contribution in [3.05, 3.63) is 30.6 Å².